The van der Waals surface area contributed by atoms with E-state index < -0.39 is 28.5 Å². The van der Waals surface area contributed by atoms with Gasteiger partial charge < -0.3 is 5.32 Å². The highest BCUT2D eigenvalue weighted by molar-refractivity contribution is 6.33. The van der Waals surface area contributed by atoms with Gasteiger partial charge in [-0.15, -0.1) is 0 Å². The molecule has 22 heavy (non-hydrogen) atoms. The van der Waals surface area contributed by atoms with Gasteiger partial charge in [0.25, 0.3) is 0 Å². The number of halogens is 5. The minimum Gasteiger partial charge on any atom is -0.324 e. The molecule has 2 rings (SSSR count). The van der Waals surface area contributed by atoms with Crippen molar-refractivity contribution in [2.45, 2.75) is 20.0 Å². The van der Waals surface area contributed by atoms with Crippen molar-refractivity contribution in [3.8, 4) is 0 Å². The highest BCUT2D eigenvalue weighted by Gasteiger charge is 2.61. The maximum Gasteiger partial charge on any atom is 0.426 e. The highest BCUT2D eigenvalue weighted by Crippen LogP contribution is 2.60. The van der Waals surface area contributed by atoms with Crippen LogP contribution in [0.4, 0.5) is 18.9 Å². The molecule has 2 atom stereocenters. The smallest absolute Gasteiger partial charge is 0.324 e. The molecule has 2 unspecified atom stereocenters. The molecule has 1 aromatic rings. The molecule has 0 saturated heterocycles. The first kappa shape index (κ1) is 17.2. The summed E-state index contributed by atoms with van der Waals surface area (Å²) in [6.45, 7) is 3.46. The van der Waals surface area contributed by atoms with Crippen molar-refractivity contribution < 1.29 is 18.0 Å². The summed E-state index contributed by atoms with van der Waals surface area (Å²) in [6.07, 6.45) is -3.68. The number of carbonyl (C=O) groups excluding carboxylic acids is 1. The summed E-state index contributed by atoms with van der Waals surface area (Å²) < 4.78 is 37.5. The number of anilines is 1. The number of hydrogen-bond donors (Lipinski definition) is 1. The molecule has 1 N–H and O–H groups in total. The predicted molar refractivity (Wildman–Crippen MR) is 80.8 cm³/mol. The van der Waals surface area contributed by atoms with Crippen LogP contribution in [0.5, 0.6) is 0 Å². The van der Waals surface area contributed by atoms with E-state index >= 15 is 0 Å². The number of amides is 1. The van der Waals surface area contributed by atoms with Gasteiger partial charge in [-0.2, -0.15) is 13.2 Å². The second-order valence-electron chi connectivity index (χ2n) is 5.81. The maximum atomic E-state index is 12.5. The van der Waals surface area contributed by atoms with E-state index in [1.807, 2.05) is 0 Å². The first-order valence-corrected chi connectivity index (χ1v) is 7.30. The minimum atomic E-state index is -4.59. The first-order valence-electron chi connectivity index (χ1n) is 6.55. The third-order valence-electron chi connectivity index (χ3n) is 3.92. The quantitative estimate of drug-likeness (QED) is 0.792. The zero-order valence-corrected chi connectivity index (χ0v) is 13.4. The van der Waals surface area contributed by atoms with Crippen LogP contribution in [0.1, 0.15) is 13.8 Å². The van der Waals surface area contributed by atoms with Crippen LogP contribution in [-0.4, -0.2) is 12.1 Å². The third-order valence-corrected chi connectivity index (χ3v) is 4.59. The lowest BCUT2D eigenvalue weighted by atomic mass is 10.1. The van der Waals surface area contributed by atoms with Gasteiger partial charge in [0.05, 0.1) is 16.6 Å². The van der Waals surface area contributed by atoms with Crippen LogP contribution in [0.2, 0.25) is 5.02 Å². The fourth-order valence-corrected chi connectivity index (χ4v) is 2.83. The molecule has 7 heteroatoms. The Morgan fingerprint density at radius 1 is 1.32 bits per heavy atom. The molecule has 0 spiro atoms. The number of carbonyl (C=O) groups is 1. The van der Waals surface area contributed by atoms with Gasteiger partial charge >= 0.3 is 6.18 Å². The lowest BCUT2D eigenvalue weighted by Crippen LogP contribution is -2.17. The molecule has 0 aromatic heterocycles. The van der Waals surface area contributed by atoms with Crippen LogP contribution in [0.3, 0.4) is 0 Å². The van der Waals surface area contributed by atoms with Crippen molar-refractivity contribution in [1.82, 2.24) is 0 Å². The van der Waals surface area contributed by atoms with Crippen molar-refractivity contribution in [3.63, 3.8) is 0 Å². The van der Waals surface area contributed by atoms with Crippen LogP contribution < -0.4 is 5.32 Å². The van der Waals surface area contributed by atoms with Gasteiger partial charge in [-0.05, 0) is 23.5 Å². The van der Waals surface area contributed by atoms with Crippen molar-refractivity contribution >= 4 is 34.8 Å². The number of nitrogens with one attached hydrogen (secondary N) is 1. The molecule has 1 aromatic carbocycles. The van der Waals surface area contributed by atoms with Crippen molar-refractivity contribution in [2.24, 2.45) is 17.3 Å². The van der Waals surface area contributed by atoms with Crippen molar-refractivity contribution in [3.05, 3.63) is 40.4 Å². The number of para-hydroxylation sites is 1. The topological polar surface area (TPSA) is 29.1 Å². The van der Waals surface area contributed by atoms with Gasteiger partial charge in [-0.3, -0.25) is 4.79 Å². The monoisotopic (exact) mass is 351 g/mol. The summed E-state index contributed by atoms with van der Waals surface area (Å²) in [7, 11) is 0. The fraction of sp³-hybridized carbons (Fsp3) is 0.400. The maximum absolute atomic E-state index is 12.5. The van der Waals surface area contributed by atoms with Gasteiger partial charge in [-0.1, -0.05) is 55.3 Å². The number of benzene rings is 1. The fourth-order valence-electron chi connectivity index (χ4n) is 2.51. The average molecular weight is 352 g/mol. The standard InChI is InChI=1S/C15H14Cl2F3NO/c1-14(2)8(7-11(17)15(18,19)20)12(14)13(22)21-10-6-4-3-5-9(10)16/h3-8,12H,1-2H3,(H,21,22). The highest BCUT2D eigenvalue weighted by atomic mass is 35.5. The normalized spacial score (nSPS) is 24.0. The summed E-state index contributed by atoms with van der Waals surface area (Å²) in [6, 6.07) is 6.67. The molecule has 2 nitrogen and oxygen atoms in total. The van der Waals surface area contributed by atoms with E-state index in [1.165, 1.54) is 0 Å². The van der Waals surface area contributed by atoms with Gasteiger partial charge in [0.2, 0.25) is 5.91 Å². The van der Waals surface area contributed by atoms with E-state index in [4.69, 9.17) is 23.2 Å². The molecule has 1 aliphatic carbocycles. The van der Waals surface area contributed by atoms with Crippen LogP contribution in [0.25, 0.3) is 0 Å². The Kier molecular flexibility index (Phi) is 4.51. The molecule has 1 amide bonds. The first-order chi connectivity index (χ1) is 10.0. The Bertz CT molecular complexity index is 625. The van der Waals surface area contributed by atoms with Crippen LogP contribution in [-0.2, 0) is 4.79 Å². The Hall–Kier alpha value is -1.20. The van der Waals surface area contributed by atoms with Crippen molar-refractivity contribution in [1.29, 1.82) is 0 Å². The lowest BCUT2D eigenvalue weighted by Gasteiger charge is -2.07. The van der Waals surface area contributed by atoms with E-state index in [0.717, 1.165) is 6.08 Å². The molecule has 1 aliphatic rings. The van der Waals surface area contributed by atoms with Crippen LogP contribution in [0.15, 0.2) is 35.4 Å². The second kappa shape index (κ2) is 5.78. The molecule has 0 heterocycles. The third kappa shape index (κ3) is 3.41. The average Bonchev–Trinajstić information content (AvgIpc) is 2.92. The molecule has 120 valence electrons. The summed E-state index contributed by atoms with van der Waals surface area (Å²) >= 11 is 11.2. The number of alkyl halides is 3. The van der Waals surface area contributed by atoms with E-state index in [9.17, 15) is 18.0 Å². The van der Waals surface area contributed by atoms with Gasteiger partial charge in [0, 0.05) is 0 Å². The molecular weight excluding hydrogens is 338 g/mol. The van der Waals surface area contributed by atoms with Crippen LogP contribution >= 0.6 is 23.2 Å². The van der Waals surface area contributed by atoms with Crippen molar-refractivity contribution in [2.75, 3.05) is 5.32 Å². The molecule has 1 saturated carbocycles. The van der Waals surface area contributed by atoms with Gasteiger partial charge in [0.15, 0.2) is 0 Å². The minimum absolute atomic E-state index is 0.369. The van der Waals surface area contributed by atoms with Gasteiger partial charge in [0.1, 0.15) is 5.03 Å². The molecule has 0 aliphatic heterocycles. The SMILES string of the molecule is CC1(C)C(C=C(Cl)C(F)(F)F)C1C(=O)Nc1ccccc1Cl. The summed E-state index contributed by atoms with van der Waals surface area (Å²) in [4.78, 5) is 12.3. The number of rotatable bonds is 3. The molecular formula is C15H14Cl2F3NO. The Balaban J connectivity index is 2.13. The van der Waals surface area contributed by atoms with Gasteiger partial charge in [-0.25, -0.2) is 0 Å². The summed E-state index contributed by atoms with van der Waals surface area (Å²) in [5, 5.41) is 1.82. The number of allylic oxidation sites excluding steroid dienone is 2. The second-order valence-corrected chi connectivity index (χ2v) is 6.62. The molecule has 1 fully saturated rings. The summed E-state index contributed by atoms with van der Waals surface area (Å²) in [5.74, 6) is -1.52. The van der Waals surface area contributed by atoms with E-state index in [1.54, 1.807) is 38.1 Å². The summed E-state index contributed by atoms with van der Waals surface area (Å²) in [5.41, 5.74) is -0.155. The van der Waals surface area contributed by atoms with E-state index in [0.29, 0.717) is 10.7 Å². The number of hydrogen-bond acceptors (Lipinski definition) is 1. The molecule has 0 radical (unpaired) electrons. The Morgan fingerprint density at radius 2 is 1.91 bits per heavy atom. The zero-order chi connectivity index (χ0) is 16.7. The predicted octanol–water partition coefficient (Wildman–Crippen LogP) is 5.24. The van der Waals surface area contributed by atoms with Crippen LogP contribution in [0, 0.1) is 17.3 Å². The lowest BCUT2D eigenvalue weighted by molar-refractivity contribution is -0.118. The van der Waals surface area contributed by atoms with E-state index in [2.05, 4.69) is 5.32 Å². The van der Waals surface area contributed by atoms with E-state index in [-0.39, 0.29) is 5.91 Å². The molecule has 0 bridgehead atoms. The Labute approximate surface area is 136 Å². The largest absolute Gasteiger partial charge is 0.426 e. The Morgan fingerprint density at radius 3 is 2.45 bits per heavy atom. The zero-order valence-electron chi connectivity index (χ0n) is 11.8.